The van der Waals surface area contributed by atoms with Gasteiger partial charge in [-0.1, -0.05) is 20.8 Å². The first kappa shape index (κ1) is 22.4. The summed E-state index contributed by atoms with van der Waals surface area (Å²) in [7, 11) is -1.94. The van der Waals surface area contributed by atoms with Crippen molar-refractivity contribution in [2.45, 2.75) is 103 Å². The summed E-state index contributed by atoms with van der Waals surface area (Å²) in [4.78, 5) is 25.4. The Morgan fingerprint density at radius 3 is 2.15 bits per heavy atom. The van der Waals surface area contributed by atoms with E-state index in [0.29, 0.717) is 11.8 Å². The highest BCUT2D eigenvalue weighted by Crippen LogP contribution is 2.50. The van der Waals surface area contributed by atoms with Crippen LogP contribution < -0.4 is 0 Å². The predicted molar refractivity (Wildman–Crippen MR) is 110 cm³/mol. The minimum Gasteiger partial charge on any atom is -0.465 e. The normalized spacial score (nSPS) is 32.1. The van der Waals surface area contributed by atoms with Crippen LogP contribution in [0.1, 0.15) is 67.2 Å². The van der Waals surface area contributed by atoms with Gasteiger partial charge in [-0.3, -0.25) is 0 Å². The van der Waals surface area contributed by atoms with Crippen LogP contribution >= 0.6 is 0 Å². The molecular weight excluding hydrogens is 358 g/mol. The highest BCUT2D eigenvalue weighted by molar-refractivity contribution is 6.74. The molecule has 0 spiro atoms. The van der Waals surface area contributed by atoms with Gasteiger partial charge < -0.3 is 19.2 Å². The summed E-state index contributed by atoms with van der Waals surface area (Å²) in [5.41, 5.74) is -0.414. The number of carboxylic acid groups (broad SMARTS) is 1. The van der Waals surface area contributed by atoms with Crippen LogP contribution in [0.3, 0.4) is 0 Å². The van der Waals surface area contributed by atoms with Crippen molar-refractivity contribution in [2.75, 3.05) is 0 Å². The summed E-state index contributed by atoms with van der Waals surface area (Å²) in [5.74, 6) is 0.667. The van der Waals surface area contributed by atoms with Gasteiger partial charge in [0.05, 0.1) is 6.10 Å². The monoisotopic (exact) mass is 397 g/mol. The van der Waals surface area contributed by atoms with Gasteiger partial charge in [-0.15, -0.1) is 0 Å². The van der Waals surface area contributed by atoms with Crippen molar-refractivity contribution in [3.8, 4) is 0 Å². The van der Waals surface area contributed by atoms with Gasteiger partial charge in [-0.25, -0.2) is 4.79 Å². The molecule has 2 aliphatic rings. The zero-order chi connectivity index (χ0) is 20.8. The summed E-state index contributed by atoms with van der Waals surface area (Å²) in [6.07, 6.45) is 3.74. The maximum Gasteiger partial charge on any atom is 0.407 e. The number of amides is 1. The number of nitrogens with zero attached hydrogens (tertiary/aromatic N) is 1. The maximum atomic E-state index is 11.9. The molecule has 0 heterocycles. The molecule has 2 rings (SSSR count). The minimum absolute atomic E-state index is 0.00921. The zero-order valence-corrected chi connectivity index (χ0v) is 19.4. The van der Waals surface area contributed by atoms with E-state index in [1.165, 1.54) is 0 Å². The van der Waals surface area contributed by atoms with Gasteiger partial charge in [0.25, 0.3) is 0 Å². The van der Waals surface area contributed by atoms with Gasteiger partial charge in [0.15, 0.2) is 8.32 Å². The largest absolute Gasteiger partial charge is 0.465 e. The maximum absolute atomic E-state index is 11.9. The molecule has 0 saturated heterocycles. The molecule has 0 bridgehead atoms. The van der Waals surface area contributed by atoms with E-state index >= 15 is 0 Å². The van der Waals surface area contributed by atoms with Gasteiger partial charge in [-0.2, -0.15) is 0 Å². The second-order valence-corrected chi connectivity index (χ2v) is 15.8. The van der Waals surface area contributed by atoms with E-state index < -0.39 is 19.9 Å². The molecular formula is C21H39NO4Si. The van der Waals surface area contributed by atoms with E-state index in [1.807, 2.05) is 20.8 Å². The van der Waals surface area contributed by atoms with Gasteiger partial charge in [-0.05, 0) is 76.4 Å². The SMILES string of the molecule is CC(C)(C)N(C(=O)O)C1CC[C@@H]2[C@H](C1)C[C@@H](O[Si](C)(C)C(C)(C)C)[C@H]2C=O. The lowest BCUT2D eigenvalue weighted by Gasteiger charge is -2.44. The Bertz CT molecular complexity index is 564. The number of hydrogen-bond acceptors (Lipinski definition) is 3. The van der Waals surface area contributed by atoms with Crippen molar-refractivity contribution < 1.29 is 19.1 Å². The molecule has 27 heavy (non-hydrogen) atoms. The first-order valence-electron chi connectivity index (χ1n) is 10.3. The summed E-state index contributed by atoms with van der Waals surface area (Å²) < 4.78 is 6.65. The third-order valence-electron chi connectivity index (χ3n) is 7.18. The van der Waals surface area contributed by atoms with Crippen LogP contribution in [0, 0.1) is 17.8 Å². The van der Waals surface area contributed by atoms with Gasteiger partial charge in [0.1, 0.15) is 6.29 Å². The van der Waals surface area contributed by atoms with Crippen LogP contribution in [-0.4, -0.2) is 48.4 Å². The summed E-state index contributed by atoms with van der Waals surface area (Å²) in [6, 6.07) is 0.0303. The second kappa shape index (κ2) is 7.51. The van der Waals surface area contributed by atoms with Crippen LogP contribution in [0.5, 0.6) is 0 Å². The molecule has 1 unspecified atom stereocenters. The number of carbonyl (C=O) groups is 2. The Kier molecular flexibility index (Phi) is 6.23. The molecule has 2 aliphatic carbocycles. The van der Waals surface area contributed by atoms with Crippen LogP contribution in [0.2, 0.25) is 18.1 Å². The van der Waals surface area contributed by atoms with Gasteiger partial charge >= 0.3 is 6.09 Å². The molecule has 2 fully saturated rings. The van der Waals surface area contributed by atoms with Crippen LogP contribution in [0.4, 0.5) is 4.79 Å². The third-order valence-corrected chi connectivity index (χ3v) is 11.7. The molecule has 1 N–H and O–H groups in total. The number of hydrogen-bond donors (Lipinski definition) is 1. The highest BCUT2D eigenvalue weighted by atomic mass is 28.4. The van der Waals surface area contributed by atoms with Gasteiger partial charge in [0.2, 0.25) is 0 Å². The first-order chi connectivity index (χ1) is 12.2. The first-order valence-corrected chi connectivity index (χ1v) is 13.2. The van der Waals surface area contributed by atoms with Crippen LogP contribution in [0.15, 0.2) is 0 Å². The topological polar surface area (TPSA) is 66.8 Å². The van der Waals surface area contributed by atoms with E-state index in [1.54, 1.807) is 4.90 Å². The zero-order valence-electron chi connectivity index (χ0n) is 18.4. The smallest absolute Gasteiger partial charge is 0.407 e. The third kappa shape index (κ3) is 4.58. The minimum atomic E-state index is -1.94. The van der Waals surface area contributed by atoms with Crippen molar-refractivity contribution in [3.63, 3.8) is 0 Å². The average molecular weight is 398 g/mol. The Hall–Kier alpha value is -0.883. The van der Waals surface area contributed by atoms with E-state index in [-0.39, 0.29) is 23.1 Å². The average Bonchev–Trinajstić information content (AvgIpc) is 2.79. The molecule has 6 heteroatoms. The standard InChI is InChI=1S/C21H39NO4Si/c1-20(2,3)22(19(24)25)15-9-10-16-14(11-15)12-18(17(16)13-23)26-27(7,8)21(4,5)6/h13-18H,9-12H2,1-8H3,(H,24,25)/t14-,15?,16-,17+,18-/m1/s1. The molecule has 5 nitrogen and oxygen atoms in total. The lowest BCUT2D eigenvalue weighted by molar-refractivity contribution is -0.115. The lowest BCUT2D eigenvalue weighted by atomic mass is 9.75. The number of fused-ring (bicyclic) bond motifs is 1. The fourth-order valence-electron chi connectivity index (χ4n) is 4.87. The van der Waals surface area contributed by atoms with E-state index in [4.69, 9.17) is 4.43 Å². The molecule has 0 radical (unpaired) electrons. The number of carbonyl (C=O) groups excluding carboxylic acids is 1. The van der Waals surface area contributed by atoms with Crippen molar-refractivity contribution in [1.29, 1.82) is 0 Å². The second-order valence-electron chi connectivity index (χ2n) is 11.1. The van der Waals surface area contributed by atoms with E-state index in [2.05, 4.69) is 33.9 Å². The van der Waals surface area contributed by atoms with E-state index in [0.717, 1.165) is 32.0 Å². The summed E-state index contributed by atoms with van der Waals surface area (Å²) in [5, 5.41) is 9.86. The fraction of sp³-hybridized carbons (Fsp3) is 0.905. The molecule has 0 aliphatic heterocycles. The van der Waals surface area contributed by atoms with Crippen LogP contribution in [-0.2, 0) is 9.22 Å². The summed E-state index contributed by atoms with van der Waals surface area (Å²) >= 11 is 0. The Balaban J connectivity index is 2.17. The number of aldehydes is 1. The Morgan fingerprint density at radius 2 is 1.70 bits per heavy atom. The predicted octanol–water partition coefficient (Wildman–Crippen LogP) is 5.16. The molecule has 0 aromatic rings. The van der Waals surface area contributed by atoms with Crippen molar-refractivity contribution in [3.05, 3.63) is 0 Å². The molecule has 0 aromatic carbocycles. The van der Waals surface area contributed by atoms with Gasteiger partial charge in [0, 0.05) is 17.5 Å². The van der Waals surface area contributed by atoms with Crippen LogP contribution in [0.25, 0.3) is 0 Å². The van der Waals surface area contributed by atoms with Crippen molar-refractivity contribution in [1.82, 2.24) is 4.90 Å². The lowest BCUT2D eigenvalue weighted by Crippen LogP contribution is -2.53. The Labute approximate surface area is 166 Å². The quantitative estimate of drug-likeness (QED) is 0.525. The van der Waals surface area contributed by atoms with Crippen molar-refractivity contribution in [2.24, 2.45) is 17.8 Å². The molecule has 5 atom stereocenters. The van der Waals surface area contributed by atoms with E-state index in [9.17, 15) is 14.7 Å². The highest BCUT2D eigenvalue weighted by Gasteiger charge is 2.51. The van der Waals surface area contributed by atoms with Crippen molar-refractivity contribution >= 4 is 20.7 Å². The molecule has 0 aromatic heterocycles. The molecule has 1 amide bonds. The molecule has 156 valence electrons. The molecule has 2 saturated carbocycles. The summed E-state index contributed by atoms with van der Waals surface area (Å²) in [6.45, 7) is 17.0. The Morgan fingerprint density at radius 1 is 1.11 bits per heavy atom. The fourth-order valence-corrected chi connectivity index (χ4v) is 6.23. The number of rotatable bonds is 4.